The van der Waals surface area contributed by atoms with Crippen LogP contribution in [-0.2, 0) is 23.2 Å². The van der Waals surface area contributed by atoms with Gasteiger partial charge in [0.2, 0.25) is 0 Å². The first-order valence-corrected chi connectivity index (χ1v) is 0.986. The molecule has 4 heteroatoms. The van der Waals surface area contributed by atoms with Crippen LogP contribution in [0.15, 0.2) is 0 Å². The van der Waals surface area contributed by atoms with E-state index in [1.165, 1.54) is 0 Å². The van der Waals surface area contributed by atoms with Crippen LogP contribution in [0, 0.1) is 0 Å². The minimum atomic E-state index is 0. The van der Waals surface area contributed by atoms with Crippen molar-refractivity contribution in [2.75, 3.05) is 0 Å². The zero-order valence-electron chi connectivity index (χ0n) is 2.26. The van der Waals surface area contributed by atoms with E-state index in [1.807, 2.05) is 0 Å². The molecule has 0 heterocycles. The van der Waals surface area contributed by atoms with Crippen molar-refractivity contribution in [1.82, 2.24) is 0 Å². The summed E-state index contributed by atoms with van der Waals surface area (Å²) < 4.78 is 8.26. The Balaban J connectivity index is -0.00000000500. The van der Waals surface area contributed by atoms with Crippen LogP contribution in [-0.4, -0.2) is 51.0 Å². The van der Waals surface area contributed by atoms with E-state index in [1.54, 1.807) is 0 Å². The fourth-order valence-electron chi connectivity index (χ4n) is 0. The van der Waals surface area contributed by atoms with E-state index >= 15 is 0 Å². The number of rotatable bonds is 0. The summed E-state index contributed by atoms with van der Waals surface area (Å²) in [6.07, 6.45) is 0. The monoisotopic (exact) mass is 220 g/mol. The molecule has 0 aliphatic rings. The van der Waals surface area contributed by atoms with Gasteiger partial charge < -0.3 is 5.48 Å². The Morgan fingerprint density at radius 1 is 1.25 bits per heavy atom. The molecule has 0 spiro atoms. The van der Waals surface area contributed by atoms with Crippen molar-refractivity contribution >= 4 is 45.5 Å². The summed E-state index contributed by atoms with van der Waals surface area (Å²) >= 11 is 0.700. The molecular weight excluding hydrogens is 216 g/mol. The summed E-state index contributed by atoms with van der Waals surface area (Å²) in [5.74, 6) is 0. The van der Waals surface area contributed by atoms with E-state index in [0.717, 1.165) is 0 Å². The Kier molecular flexibility index (Phi) is 85.8. The second-order valence-electron chi connectivity index (χ2n) is 0. The Bertz CT molecular complexity index is 6.00. The molecule has 0 unspecified atom stereocenters. The predicted molar refractivity (Wildman–Crippen MR) is 9.77 cm³/mol. The van der Waals surface area contributed by atoms with Crippen LogP contribution in [0.1, 0.15) is 0 Å². The third-order valence-corrected chi connectivity index (χ3v) is 0. The molecule has 0 amide bonds. The van der Waals surface area contributed by atoms with E-state index in [4.69, 9.17) is 3.40 Å². The van der Waals surface area contributed by atoms with Crippen LogP contribution in [0.4, 0.5) is 0 Å². The summed E-state index contributed by atoms with van der Waals surface area (Å²) in [4.78, 5) is 0. The van der Waals surface area contributed by atoms with Crippen LogP contribution in [0.5, 0.6) is 0 Å². The van der Waals surface area contributed by atoms with Crippen molar-refractivity contribution in [3.05, 3.63) is 0 Å². The molecule has 0 saturated heterocycles. The molecule has 0 aromatic rings. The second kappa shape index (κ2) is 20.4. The number of hydrogen-bond donors (Lipinski definition) is 0. The molecule has 0 aromatic heterocycles. The van der Waals surface area contributed by atoms with Gasteiger partial charge in [-0.15, -0.1) is 0 Å². The van der Waals surface area contributed by atoms with Crippen LogP contribution in [0.25, 0.3) is 0 Å². The van der Waals surface area contributed by atoms with E-state index in [-0.39, 0.29) is 51.0 Å². The molecule has 0 atom stereocenters. The van der Waals surface area contributed by atoms with Gasteiger partial charge in [0.25, 0.3) is 0 Å². The summed E-state index contributed by atoms with van der Waals surface area (Å²) in [5.41, 5.74) is 0. The van der Waals surface area contributed by atoms with Crippen molar-refractivity contribution in [3.8, 4) is 0 Å². The van der Waals surface area contributed by atoms with Crippen molar-refractivity contribution in [2.24, 2.45) is 0 Å². The summed E-state index contributed by atoms with van der Waals surface area (Å²) in [5, 5.41) is 0. The van der Waals surface area contributed by atoms with E-state index in [0.29, 0.717) is 19.8 Å². The molecule has 1 N–H and O–H groups in total. The van der Waals surface area contributed by atoms with Crippen molar-refractivity contribution in [1.29, 1.82) is 0 Å². The Hall–Kier alpha value is 1.93. The zero-order chi connectivity index (χ0) is 2.00. The molecule has 0 fully saturated rings. The Morgan fingerprint density at radius 3 is 1.25 bits per heavy atom. The fraction of sp³-hybridized carbons (Fsp3) is 0. The average Bonchev–Trinajstić information content (AvgIpc) is 1.00. The standard InChI is InChI=1S/Mo.H2O.O.Sr.H/h;1H2;;;/q;;;+1;/p-1. The van der Waals surface area contributed by atoms with Crippen LogP contribution < -0.4 is 0 Å². The van der Waals surface area contributed by atoms with Crippen LogP contribution >= 0.6 is 0 Å². The summed E-state index contributed by atoms with van der Waals surface area (Å²) in [6, 6.07) is 0. The normalized spacial score (nSPS) is 1.00. The first-order valence-electron chi connectivity index (χ1n) is 0.167. The Labute approximate surface area is 72.7 Å². The van der Waals surface area contributed by atoms with E-state index < -0.39 is 0 Å². The van der Waals surface area contributed by atoms with Gasteiger partial charge in [-0.25, -0.2) is 0 Å². The third kappa shape index (κ3) is 9.06. The molecule has 0 rings (SSSR count). The molecule has 22 valence electrons. The molecule has 0 bridgehead atoms. The topological polar surface area (TPSA) is 47.1 Å². The molecule has 2 nitrogen and oxygen atoms in total. The maximum atomic E-state index is 8.26. The van der Waals surface area contributed by atoms with E-state index in [2.05, 4.69) is 0 Å². The first kappa shape index (κ1) is 16.8. The van der Waals surface area contributed by atoms with Gasteiger partial charge in [-0.1, -0.05) is 0 Å². The SMILES string of the molecule is [OH-].[O]=[Mo].[SrH+]. The van der Waals surface area contributed by atoms with Crippen LogP contribution in [0.3, 0.4) is 0 Å². The van der Waals surface area contributed by atoms with Gasteiger partial charge in [0.05, 0.1) is 0 Å². The molecule has 0 aliphatic heterocycles. The van der Waals surface area contributed by atoms with Gasteiger partial charge in [-0.3, -0.25) is 0 Å². The average molecular weight is 218 g/mol. The van der Waals surface area contributed by atoms with Crippen molar-refractivity contribution < 1.29 is 28.7 Å². The number of hydrogen-bond acceptors (Lipinski definition) is 2. The molecule has 0 radical (unpaired) electrons. The first-order chi connectivity index (χ1) is 1.00. The van der Waals surface area contributed by atoms with Gasteiger partial charge in [0.15, 0.2) is 0 Å². The van der Waals surface area contributed by atoms with Crippen molar-refractivity contribution in [2.45, 2.75) is 0 Å². The van der Waals surface area contributed by atoms with Gasteiger partial charge in [-0.05, 0) is 0 Å². The summed E-state index contributed by atoms with van der Waals surface area (Å²) in [6.45, 7) is 0. The maximum absolute atomic E-state index is 8.26. The molecule has 0 aromatic carbocycles. The van der Waals surface area contributed by atoms with Gasteiger partial charge >= 0.3 is 68.7 Å². The van der Waals surface area contributed by atoms with Gasteiger partial charge in [0, 0.05) is 0 Å². The second-order valence-corrected chi connectivity index (χ2v) is 0. The van der Waals surface area contributed by atoms with Gasteiger partial charge in [0.1, 0.15) is 0 Å². The van der Waals surface area contributed by atoms with Crippen LogP contribution in [0.2, 0.25) is 0 Å². The Morgan fingerprint density at radius 2 is 1.25 bits per heavy atom. The van der Waals surface area contributed by atoms with E-state index in [9.17, 15) is 0 Å². The fourth-order valence-corrected chi connectivity index (χ4v) is 0. The summed E-state index contributed by atoms with van der Waals surface area (Å²) in [7, 11) is 0. The molecule has 0 saturated carbocycles. The molecule has 0 aliphatic carbocycles. The third-order valence-electron chi connectivity index (χ3n) is 0. The van der Waals surface area contributed by atoms with Gasteiger partial charge in [-0.2, -0.15) is 0 Å². The molecular formula is H2MoO2Sr. The molecule has 4 heavy (non-hydrogen) atoms. The zero-order valence-corrected chi connectivity index (χ0v) is 9.19. The van der Waals surface area contributed by atoms with Crippen molar-refractivity contribution in [3.63, 3.8) is 0 Å². The predicted octanol–water partition coefficient (Wildman–Crippen LogP) is -0.947. The minimum absolute atomic E-state index is 0. The quantitative estimate of drug-likeness (QED) is 0.492.